The maximum atomic E-state index is 14.5. The summed E-state index contributed by atoms with van der Waals surface area (Å²) in [5.41, 5.74) is 0.651. The number of imidazole rings is 1. The number of carbonyl (C=O) groups is 3. The predicted octanol–water partition coefficient (Wildman–Crippen LogP) is 3.68. The molecule has 194 valence electrons. The van der Waals surface area contributed by atoms with Crippen LogP contribution in [0.4, 0.5) is 14.5 Å². The molecule has 1 heterocycles. The molecule has 1 aliphatic carbocycles. The highest BCUT2D eigenvalue weighted by atomic mass is 35.5. The zero-order chi connectivity index (χ0) is 26.9. The van der Waals surface area contributed by atoms with Crippen molar-refractivity contribution in [1.29, 1.82) is 0 Å². The van der Waals surface area contributed by atoms with E-state index in [4.69, 9.17) is 16.3 Å². The first-order chi connectivity index (χ1) is 17.6. The molecule has 9 nitrogen and oxygen atoms in total. The largest absolute Gasteiger partial charge is 0.494 e. The SMILES string of the molecule is COc1ccc(-c2cnc(C(=O)Nc3ccc(C(=O)NC4CC(NC(C)=O)C4)c(Cl)c3)n2C)c(F)c1F. The van der Waals surface area contributed by atoms with Gasteiger partial charge in [-0.1, -0.05) is 11.6 Å². The van der Waals surface area contributed by atoms with Gasteiger partial charge in [-0.05, 0) is 43.2 Å². The van der Waals surface area contributed by atoms with Crippen LogP contribution in [-0.2, 0) is 11.8 Å². The summed E-state index contributed by atoms with van der Waals surface area (Å²) in [6.07, 6.45) is 2.53. The second kappa shape index (κ2) is 10.6. The Labute approximate surface area is 216 Å². The van der Waals surface area contributed by atoms with E-state index in [-0.39, 0.29) is 57.3 Å². The van der Waals surface area contributed by atoms with E-state index in [1.54, 1.807) is 0 Å². The van der Waals surface area contributed by atoms with E-state index in [0.29, 0.717) is 18.5 Å². The van der Waals surface area contributed by atoms with Crippen molar-refractivity contribution in [3.63, 3.8) is 0 Å². The number of ether oxygens (including phenoxy) is 1. The van der Waals surface area contributed by atoms with E-state index in [9.17, 15) is 23.2 Å². The Balaban J connectivity index is 1.43. The number of nitrogens with one attached hydrogen (secondary N) is 3. The quantitative estimate of drug-likeness (QED) is 0.430. The number of methoxy groups -OCH3 is 1. The second-order valence-electron chi connectivity index (χ2n) is 8.66. The molecule has 0 radical (unpaired) electrons. The molecular weight excluding hydrogens is 508 g/mol. The molecule has 1 aliphatic rings. The first kappa shape index (κ1) is 26.1. The lowest BCUT2D eigenvalue weighted by Gasteiger charge is -2.36. The third-order valence-electron chi connectivity index (χ3n) is 6.09. The predicted molar refractivity (Wildman–Crippen MR) is 133 cm³/mol. The Morgan fingerprint density at radius 3 is 2.41 bits per heavy atom. The van der Waals surface area contributed by atoms with E-state index in [1.807, 2.05) is 0 Å². The van der Waals surface area contributed by atoms with Gasteiger partial charge in [-0.2, -0.15) is 4.39 Å². The number of aromatic nitrogens is 2. The lowest BCUT2D eigenvalue weighted by Crippen LogP contribution is -2.53. The average Bonchev–Trinajstić information content (AvgIpc) is 3.20. The Hall–Kier alpha value is -3.99. The lowest BCUT2D eigenvalue weighted by atomic mass is 9.86. The average molecular weight is 532 g/mol. The summed E-state index contributed by atoms with van der Waals surface area (Å²) in [6.45, 7) is 1.45. The molecule has 0 saturated heterocycles. The van der Waals surface area contributed by atoms with Crippen molar-refractivity contribution in [1.82, 2.24) is 20.2 Å². The molecule has 1 saturated carbocycles. The van der Waals surface area contributed by atoms with Gasteiger partial charge in [0, 0.05) is 37.3 Å². The van der Waals surface area contributed by atoms with Crippen molar-refractivity contribution in [2.45, 2.75) is 31.8 Å². The lowest BCUT2D eigenvalue weighted by molar-refractivity contribution is -0.120. The minimum atomic E-state index is -1.14. The number of hydrogen-bond donors (Lipinski definition) is 3. The molecule has 0 atom stereocenters. The first-order valence-electron chi connectivity index (χ1n) is 11.3. The van der Waals surface area contributed by atoms with Crippen molar-refractivity contribution in [3.05, 3.63) is 64.6 Å². The maximum absolute atomic E-state index is 14.5. The minimum absolute atomic E-state index is 0.0442. The van der Waals surface area contributed by atoms with Crippen LogP contribution in [-0.4, -0.2) is 46.5 Å². The minimum Gasteiger partial charge on any atom is -0.494 e. The van der Waals surface area contributed by atoms with Crippen molar-refractivity contribution in [2.75, 3.05) is 12.4 Å². The van der Waals surface area contributed by atoms with Crippen LogP contribution in [0.5, 0.6) is 5.75 Å². The van der Waals surface area contributed by atoms with Crippen molar-refractivity contribution in [3.8, 4) is 17.0 Å². The van der Waals surface area contributed by atoms with Crippen molar-refractivity contribution in [2.24, 2.45) is 7.05 Å². The molecule has 3 N–H and O–H groups in total. The summed E-state index contributed by atoms with van der Waals surface area (Å²) in [5.74, 6) is -3.65. The Bertz CT molecular complexity index is 1390. The molecule has 3 aromatic rings. The van der Waals surface area contributed by atoms with Crippen LogP contribution in [0.15, 0.2) is 36.5 Å². The molecular formula is C25H24ClF2N5O4. The van der Waals surface area contributed by atoms with Crippen LogP contribution in [0.1, 0.15) is 40.7 Å². The molecule has 1 aromatic heterocycles. The molecule has 4 rings (SSSR count). The molecule has 3 amide bonds. The second-order valence-corrected chi connectivity index (χ2v) is 9.06. The fraction of sp³-hybridized carbons (Fsp3) is 0.280. The van der Waals surface area contributed by atoms with Crippen LogP contribution >= 0.6 is 11.6 Å². The van der Waals surface area contributed by atoms with Crippen LogP contribution < -0.4 is 20.7 Å². The topological polar surface area (TPSA) is 114 Å². The van der Waals surface area contributed by atoms with Crippen LogP contribution in [0.25, 0.3) is 11.3 Å². The molecule has 0 aliphatic heterocycles. The van der Waals surface area contributed by atoms with E-state index < -0.39 is 17.5 Å². The molecule has 1 fully saturated rings. The third-order valence-corrected chi connectivity index (χ3v) is 6.40. The van der Waals surface area contributed by atoms with Gasteiger partial charge >= 0.3 is 0 Å². The molecule has 0 spiro atoms. The Morgan fingerprint density at radius 1 is 1.05 bits per heavy atom. The summed E-state index contributed by atoms with van der Waals surface area (Å²) in [6, 6.07) is 7.02. The molecule has 37 heavy (non-hydrogen) atoms. The number of anilines is 1. The highest BCUT2D eigenvalue weighted by Gasteiger charge is 2.31. The van der Waals surface area contributed by atoms with Gasteiger partial charge in [0.15, 0.2) is 17.4 Å². The number of benzene rings is 2. The first-order valence-corrected chi connectivity index (χ1v) is 11.7. The fourth-order valence-electron chi connectivity index (χ4n) is 4.13. The van der Waals surface area contributed by atoms with Gasteiger partial charge in [0.25, 0.3) is 11.8 Å². The third kappa shape index (κ3) is 5.41. The van der Waals surface area contributed by atoms with Crippen molar-refractivity contribution < 1.29 is 27.9 Å². The van der Waals surface area contributed by atoms with Gasteiger partial charge in [-0.15, -0.1) is 0 Å². The number of hydrogen-bond acceptors (Lipinski definition) is 5. The van der Waals surface area contributed by atoms with Gasteiger partial charge in [0.05, 0.1) is 29.6 Å². The molecule has 2 aromatic carbocycles. The van der Waals surface area contributed by atoms with E-state index in [1.165, 1.54) is 62.2 Å². The van der Waals surface area contributed by atoms with Gasteiger partial charge in [-0.25, -0.2) is 9.37 Å². The summed E-state index contributed by atoms with van der Waals surface area (Å²) in [5, 5.41) is 8.42. The van der Waals surface area contributed by atoms with Gasteiger partial charge in [0.1, 0.15) is 0 Å². The maximum Gasteiger partial charge on any atom is 0.291 e. The van der Waals surface area contributed by atoms with E-state index >= 15 is 0 Å². The Morgan fingerprint density at radius 2 is 1.76 bits per heavy atom. The normalized spacial score (nSPS) is 16.5. The summed E-state index contributed by atoms with van der Waals surface area (Å²) < 4.78 is 34.8. The highest BCUT2D eigenvalue weighted by molar-refractivity contribution is 6.34. The fourth-order valence-corrected chi connectivity index (χ4v) is 4.39. The number of carbonyl (C=O) groups excluding carboxylic acids is 3. The van der Waals surface area contributed by atoms with Gasteiger partial charge in [-0.3, -0.25) is 14.4 Å². The van der Waals surface area contributed by atoms with Crippen LogP contribution in [0.3, 0.4) is 0 Å². The van der Waals surface area contributed by atoms with E-state index in [2.05, 4.69) is 20.9 Å². The highest BCUT2D eigenvalue weighted by Crippen LogP contribution is 2.30. The standard InChI is InChI=1S/C25H24ClF2N5O4/c1-12(34)30-14-8-15(9-14)32-24(35)16-5-4-13(10-18(16)26)31-25(36)23-29-11-19(33(23)2)17-6-7-20(37-3)22(28)21(17)27/h4-7,10-11,14-15H,8-9H2,1-3H3,(H,30,34)(H,31,36)(H,32,35). The monoisotopic (exact) mass is 531 g/mol. The summed E-state index contributed by atoms with van der Waals surface area (Å²) in [4.78, 5) is 40.5. The zero-order valence-corrected chi connectivity index (χ0v) is 21.0. The summed E-state index contributed by atoms with van der Waals surface area (Å²) >= 11 is 6.29. The number of rotatable bonds is 7. The van der Waals surface area contributed by atoms with Crippen molar-refractivity contribution >= 4 is 35.0 Å². The molecule has 0 bridgehead atoms. The molecule has 12 heteroatoms. The van der Waals surface area contributed by atoms with Crippen LogP contribution in [0.2, 0.25) is 5.02 Å². The van der Waals surface area contributed by atoms with Gasteiger partial charge in [0.2, 0.25) is 11.7 Å². The molecule has 0 unspecified atom stereocenters. The summed E-state index contributed by atoms with van der Waals surface area (Å²) in [7, 11) is 2.73. The van der Waals surface area contributed by atoms with E-state index in [0.717, 1.165) is 0 Å². The zero-order valence-electron chi connectivity index (χ0n) is 20.2. The Kier molecular flexibility index (Phi) is 7.44. The smallest absolute Gasteiger partial charge is 0.291 e. The van der Waals surface area contributed by atoms with Gasteiger partial charge < -0.3 is 25.3 Å². The van der Waals surface area contributed by atoms with Crippen LogP contribution in [0, 0.1) is 11.6 Å². The number of halogens is 3. The number of amides is 3. The number of nitrogens with zero attached hydrogens (tertiary/aromatic N) is 2.